The summed E-state index contributed by atoms with van der Waals surface area (Å²) in [7, 11) is 0. The summed E-state index contributed by atoms with van der Waals surface area (Å²) in [6, 6.07) is 3.06. The number of nitrogens with zero attached hydrogens (tertiary/aromatic N) is 1. The number of aromatic amines is 1. The Morgan fingerprint density at radius 3 is 2.21 bits per heavy atom. The molecule has 102 valence electrons. The van der Waals surface area contributed by atoms with Gasteiger partial charge in [0, 0.05) is 24.4 Å². The average molecular weight is 313 g/mol. The van der Waals surface area contributed by atoms with E-state index in [2.05, 4.69) is 9.84 Å². The quantitative estimate of drug-likeness (QED) is 0.924. The smallest absolute Gasteiger partial charge is 0.406 e. The van der Waals surface area contributed by atoms with Crippen molar-refractivity contribution in [2.75, 3.05) is 0 Å². The van der Waals surface area contributed by atoms with Gasteiger partial charge in [-0.25, -0.2) is 4.68 Å². The van der Waals surface area contributed by atoms with E-state index in [-0.39, 0.29) is 15.7 Å². The fraction of sp³-hybridized carbons (Fsp3) is 0.100. The monoisotopic (exact) mass is 312 g/mol. The summed E-state index contributed by atoms with van der Waals surface area (Å²) in [6.45, 7) is 0. The Bertz CT molecular complexity index is 640. The lowest BCUT2D eigenvalue weighted by Crippen LogP contribution is -2.18. The lowest BCUT2D eigenvalue weighted by Gasteiger charge is -2.12. The van der Waals surface area contributed by atoms with Crippen molar-refractivity contribution in [1.82, 2.24) is 9.78 Å². The maximum absolute atomic E-state index is 12.1. The minimum Gasteiger partial charge on any atom is -0.406 e. The van der Waals surface area contributed by atoms with E-state index >= 15 is 0 Å². The molecular weight excluding hydrogens is 308 g/mol. The SMILES string of the molecule is O=c1cc[nH]n1-c1c(Cl)cc(OC(F)(F)F)cc1Cl. The van der Waals surface area contributed by atoms with Gasteiger partial charge in [0.05, 0.1) is 10.0 Å². The molecule has 0 atom stereocenters. The van der Waals surface area contributed by atoms with Gasteiger partial charge in [0.1, 0.15) is 11.4 Å². The van der Waals surface area contributed by atoms with Gasteiger partial charge in [0.15, 0.2) is 0 Å². The van der Waals surface area contributed by atoms with Crippen LogP contribution in [0.25, 0.3) is 5.69 Å². The predicted octanol–water partition coefficient (Wildman–Crippen LogP) is 3.37. The van der Waals surface area contributed by atoms with Crippen LogP contribution in [0, 0.1) is 0 Å². The molecular formula is C10H5Cl2F3N2O2. The highest BCUT2D eigenvalue weighted by atomic mass is 35.5. The zero-order valence-electron chi connectivity index (χ0n) is 8.96. The first kappa shape index (κ1) is 13.8. The second kappa shape index (κ2) is 4.82. The number of rotatable bonds is 2. The molecule has 1 aromatic heterocycles. The maximum atomic E-state index is 12.1. The highest BCUT2D eigenvalue weighted by molar-refractivity contribution is 6.38. The number of benzene rings is 1. The molecule has 0 saturated heterocycles. The van der Waals surface area contributed by atoms with Crippen molar-refractivity contribution in [2.45, 2.75) is 6.36 Å². The van der Waals surface area contributed by atoms with E-state index in [1.165, 1.54) is 12.3 Å². The zero-order chi connectivity index (χ0) is 14.2. The molecule has 0 aliphatic rings. The first-order valence-electron chi connectivity index (χ1n) is 4.79. The molecule has 0 fully saturated rings. The Kier molecular flexibility index (Phi) is 3.51. The largest absolute Gasteiger partial charge is 0.573 e. The fourth-order valence-electron chi connectivity index (χ4n) is 1.44. The summed E-state index contributed by atoms with van der Waals surface area (Å²) in [5.74, 6) is -0.564. The molecule has 2 rings (SSSR count). The molecule has 0 aliphatic carbocycles. The van der Waals surface area contributed by atoms with Crippen LogP contribution in [0.5, 0.6) is 5.75 Å². The average Bonchev–Trinajstić information content (AvgIpc) is 2.61. The molecule has 0 bridgehead atoms. The molecule has 19 heavy (non-hydrogen) atoms. The van der Waals surface area contributed by atoms with Crippen molar-refractivity contribution in [3.8, 4) is 11.4 Å². The highest BCUT2D eigenvalue weighted by Crippen LogP contribution is 2.34. The van der Waals surface area contributed by atoms with Gasteiger partial charge in [-0.15, -0.1) is 13.2 Å². The van der Waals surface area contributed by atoms with Crippen LogP contribution in [0.4, 0.5) is 13.2 Å². The van der Waals surface area contributed by atoms with E-state index in [0.717, 1.165) is 16.8 Å². The standard InChI is InChI=1S/C10H5Cl2F3N2O2/c11-6-3-5(19-10(13,14)15)4-7(12)9(6)17-8(18)1-2-16-17/h1-4,16H. The number of hydrogen-bond donors (Lipinski definition) is 1. The van der Waals surface area contributed by atoms with Gasteiger partial charge in [-0.05, 0) is 0 Å². The van der Waals surface area contributed by atoms with Gasteiger partial charge < -0.3 is 4.74 Å². The van der Waals surface area contributed by atoms with Crippen LogP contribution in [0.15, 0.2) is 29.2 Å². The van der Waals surface area contributed by atoms with Crippen molar-refractivity contribution >= 4 is 23.2 Å². The van der Waals surface area contributed by atoms with E-state index in [1.807, 2.05) is 0 Å². The molecule has 0 spiro atoms. The second-order valence-electron chi connectivity index (χ2n) is 3.42. The second-order valence-corrected chi connectivity index (χ2v) is 4.23. The van der Waals surface area contributed by atoms with Crippen LogP contribution in [-0.2, 0) is 0 Å². The summed E-state index contributed by atoms with van der Waals surface area (Å²) in [4.78, 5) is 11.4. The molecule has 9 heteroatoms. The molecule has 1 aromatic carbocycles. The van der Waals surface area contributed by atoms with Crippen molar-refractivity contribution in [1.29, 1.82) is 0 Å². The Balaban J connectivity index is 2.50. The van der Waals surface area contributed by atoms with Crippen LogP contribution in [0.1, 0.15) is 0 Å². The molecule has 2 aromatic rings. The third-order valence-corrected chi connectivity index (χ3v) is 2.67. The van der Waals surface area contributed by atoms with Crippen molar-refractivity contribution in [3.63, 3.8) is 0 Å². The minimum absolute atomic E-state index is 0.0489. The summed E-state index contributed by atoms with van der Waals surface area (Å²) in [6.07, 6.45) is -3.51. The van der Waals surface area contributed by atoms with E-state index < -0.39 is 17.7 Å². The highest BCUT2D eigenvalue weighted by Gasteiger charge is 2.31. The number of nitrogens with one attached hydrogen (secondary N) is 1. The van der Waals surface area contributed by atoms with Crippen LogP contribution < -0.4 is 10.3 Å². The Morgan fingerprint density at radius 1 is 1.21 bits per heavy atom. The van der Waals surface area contributed by atoms with Crippen molar-refractivity contribution in [3.05, 3.63) is 44.8 Å². The first-order valence-corrected chi connectivity index (χ1v) is 5.55. The summed E-state index contributed by atoms with van der Waals surface area (Å²) < 4.78 is 40.9. The third-order valence-electron chi connectivity index (χ3n) is 2.10. The lowest BCUT2D eigenvalue weighted by molar-refractivity contribution is -0.274. The van der Waals surface area contributed by atoms with E-state index in [9.17, 15) is 18.0 Å². The summed E-state index contributed by atoms with van der Waals surface area (Å²) >= 11 is 11.6. The molecule has 1 heterocycles. The molecule has 0 amide bonds. The van der Waals surface area contributed by atoms with Gasteiger partial charge in [0.25, 0.3) is 5.56 Å². The van der Waals surface area contributed by atoms with Gasteiger partial charge in [-0.2, -0.15) is 0 Å². The molecule has 1 N–H and O–H groups in total. The number of alkyl halides is 3. The number of halogens is 5. The van der Waals surface area contributed by atoms with Gasteiger partial charge in [-0.3, -0.25) is 9.89 Å². The molecule has 0 aliphatic heterocycles. The number of hydrogen-bond acceptors (Lipinski definition) is 2. The normalized spacial score (nSPS) is 11.6. The van der Waals surface area contributed by atoms with E-state index in [1.54, 1.807) is 0 Å². The molecule has 0 unspecified atom stereocenters. The molecule has 4 nitrogen and oxygen atoms in total. The third kappa shape index (κ3) is 3.05. The maximum Gasteiger partial charge on any atom is 0.573 e. The van der Waals surface area contributed by atoms with Crippen LogP contribution in [0.3, 0.4) is 0 Å². The van der Waals surface area contributed by atoms with Gasteiger partial charge in [0.2, 0.25) is 0 Å². The summed E-state index contributed by atoms with van der Waals surface area (Å²) in [5.41, 5.74) is -0.402. The van der Waals surface area contributed by atoms with Gasteiger partial charge in [-0.1, -0.05) is 23.2 Å². The van der Waals surface area contributed by atoms with Crippen LogP contribution in [0.2, 0.25) is 10.0 Å². The van der Waals surface area contributed by atoms with Crippen LogP contribution >= 0.6 is 23.2 Å². The lowest BCUT2D eigenvalue weighted by atomic mass is 10.3. The van der Waals surface area contributed by atoms with Gasteiger partial charge >= 0.3 is 6.36 Å². The Labute approximate surface area is 114 Å². The van der Waals surface area contributed by atoms with Crippen LogP contribution in [-0.4, -0.2) is 16.1 Å². The fourth-order valence-corrected chi connectivity index (χ4v) is 2.08. The zero-order valence-corrected chi connectivity index (χ0v) is 10.5. The van der Waals surface area contributed by atoms with E-state index in [4.69, 9.17) is 23.2 Å². The number of ether oxygens (including phenoxy) is 1. The Hall–Kier alpha value is -1.60. The van der Waals surface area contributed by atoms with Crippen molar-refractivity contribution < 1.29 is 17.9 Å². The molecule has 0 radical (unpaired) electrons. The minimum atomic E-state index is -4.85. The number of aromatic nitrogens is 2. The van der Waals surface area contributed by atoms with E-state index in [0.29, 0.717) is 0 Å². The predicted molar refractivity (Wildman–Crippen MR) is 63.1 cm³/mol. The number of H-pyrrole nitrogens is 1. The summed E-state index contributed by atoms with van der Waals surface area (Å²) in [5, 5.41) is 2.23. The topological polar surface area (TPSA) is 47.0 Å². The first-order chi connectivity index (χ1) is 8.78. The Morgan fingerprint density at radius 2 is 1.79 bits per heavy atom. The van der Waals surface area contributed by atoms with Crippen molar-refractivity contribution in [2.24, 2.45) is 0 Å². The molecule has 0 saturated carbocycles.